The second kappa shape index (κ2) is 6.83. The smallest absolute Gasteiger partial charge is 0.317 e. The van der Waals surface area contributed by atoms with E-state index >= 15 is 0 Å². The maximum Gasteiger partial charge on any atom is 0.317 e. The Kier molecular flexibility index (Phi) is 5.24. The number of aliphatic hydroxyl groups is 1. The van der Waals surface area contributed by atoms with Crippen LogP contribution in [-0.4, -0.2) is 41.3 Å². The van der Waals surface area contributed by atoms with Crippen molar-refractivity contribution in [2.75, 3.05) is 13.1 Å². The third-order valence-corrected chi connectivity index (χ3v) is 4.27. The zero-order valence-corrected chi connectivity index (χ0v) is 13.8. The summed E-state index contributed by atoms with van der Waals surface area (Å²) < 4.78 is 27.9. The third-order valence-electron chi connectivity index (χ3n) is 4.27. The van der Waals surface area contributed by atoms with E-state index in [0.717, 1.165) is 0 Å². The van der Waals surface area contributed by atoms with Gasteiger partial charge < -0.3 is 15.3 Å². The van der Waals surface area contributed by atoms with Crippen LogP contribution in [0.25, 0.3) is 0 Å². The molecule has 6 heteroatoms. The van der Waals surface area contributed by atoms with Gasteiger partial charge in [-0.1, -0.05) is 6.07 Å². The molecule has 0 radical (unpaired) electrons. The van der Waals surface area contributed by atoms with Crippen molar-refractivity contribution in [3.05, 3.63) is 35.4 Å². The molecule has 1 unspecified atom stereocenters. The number of aliphatic hydroxyl groups excluding tert-OH is 1. The summed E-state index contributed by atoms with van der Waals surface area (Å²) in [6, 6.07) is 3.42. The van der Waals surface area contributed by atoms with Crippen LogP contribution in [0.15, 0.2) is 18.2 Å². The number of amides is 2. The molecule has 0 saturated heterocycles. The van der Waals surface area contributed by atoms with E-state index in [1.165, 1.54) is 23.1 Å². The van der Waals surface area contributed by atoms with Gasteiger partial charge in [0.05, 0.1) is 6.10 Å². The fourth-order valence-corrected chi connectivity index (χ4v) is 2.83. The van der Waals surface area contributed by atoms with Crippen LogP contribution in [0.2, 0.25) is 0 Å². The number of hydrogen-bond donors (Lipinski definition) is 2. The molecule has 128 valence electrons. The Hall–Kier alpha value is -1.69. The predicted octanol–water partition coefficient (Wildman–Crippen LogP) is 2.80. The number of urea groups is 1. The fraction of sp³-hybridized carbons (Fsp3) is 0.588. The minimum Gasteiger partial charge on any atom is -0.392 e. The number of hydrogen-bond acceptors (Lipinski definition) is 2. The first-order valence-corrected chi connectivity index (χ1v) is 7.94. The van der Waals surface area contributed by atoms with Crippen molar-refractivity contribution < 1.29 is 18.7 Å². The van der Waals surface area contributed by atoms with Crippen molar-refractivity contribution in [3.63, 3.8) is 0 Å². The lowest BCUT2D eigenvalue weighted by molar-refractivity contribution is 0.118. The minimum absolute atomic E-state index is 0.0620. The van der Waals surface area contributed by atoms with E-state index < -0.39 is 23.2 Å². The number of nitrogens with one attached hydrogen (secondary N) is 1. The van der Waals surface area contributed by atoms with Crippen LogP contribution in [0.1, 0.15) is 39.2 Å². The molecule has 1 fully saturated rings. The fourth-order valence-electron chi connectivity index (χ4n) is 2.83. The van der Waals surface area contributed by atoms with Gasteiger partial charge in [0.15, 0.2) is 0 Å². The van der Waals surface area contributed by atoms with Crippen LogP contribution < -0.4 is 5.32 Å². The van der Waals surface area contributed by atoms with E-state index in [9.17, 15) is 18.7 Å². The van der Waals surface area contributed by atoms with Crippen LogP contribution >= 0.6 is 0 Å². The molecule has 1 atom stereocenters. The van der Waals surface area contributed by atoms with E-state index in [4.69, 9.17) is 0 Å². The van der Waals surface area contributed by atoms with E-state index in [1.54, 1.807) is 6.92 Å². The molecular weight excluding hydrogens is 302 g/mol. The lowest BCUT2D eigenvalue weighted by atomic mass is 9.94. The average Bonchev–Trinajstić information content (AvgIpc) is 3.22. The summed E-state index contributed by atoms with van der Waals surface area (Å²) in [7, 11) is 0. The highest BCUT2D eigenvalue weighted by atomic mass is 19.1. The van der Waals surface area contributed by atoms with Gasteiger partial charge in [-0.05, 0) is 45.7 Å². The number of halogens is 2. The number of carbonyl (C=O) groups is 1. The molecule has 0 spiro atoms. The van der Waals surface area contributed by atoms with Gasteiger partial charge in [0.2, 0.25) is 0 Å². The molecular formula is C17H24F2N2O2. The second-order valence-corrected chi connectivity index (χ2v) is 6.63. The Morgan fingerprint density at radius 2 is 1.87 bits per heavy atom. The lowest BCUT2D eigenvalue weighted by Crippen LogP contribution is -2.48. The Morgan fingerprint density at radius 1 is 1.30 bits per heavy atom. The molecule has 0 heterocycles. The van der Waals surface area contributed by atoms with E-state index in [-0.39, 0.29) is 30.7 Å². The van der Waals surface area contributed by atoms with Crippen LogP contribution in [-0.2, 0) is 5.41 Å². The van der Waals surface area contributed by atoms with Crippen LogP contribution in [0.3, 0.4) is 0 Å². The van der Waals surface area contributed by atoms with E-state index in [0.29, 0.717) is 12.8 Å². The summed E-state index contributed by atoms with van der Waals surface area (Å²) in [4.78, 5) is 13.8. The van der Waals surface area contributed by atoms with Crippen molar-refractivity contribution in [1.82, 2.24) is 10.2 Å². The van der Waals surface area contributed by atoms with Crippen molar-refractivity contribution in [3.8, 4) is 0 Å². The SMILES string of the molecule is CC(O)CN(C(=O)NCC1(c2c(F)cccc2F)CC1)C(C)C. The molecule has 0 aliphatic heterocycles. The summed E-state index contributed by atoms with van der Waals surface area (Å²) in [6.07, 6.45) is 0.647. The van der Waals surface area contributed by atoms with Gasteiger partial charge in [0, 0.05) is 30.1 Å². The van der Waals surface area contributed by atoms with Crippen LogP contribution in [0.4, 0.5) is 13.6 Å². The summed E-state index contributed by atoms with van der Waals surface area (Å²) in [5, 5.41) is 12.3. The monoisotopic (exact) mass is 326 g/mol. The van der Waals surface area contributed by atoms with E-state index in [1.807, 2.05) is 13.8 Å². The summed E-state index contributed by atoms with van der Waals surface area (Å²) in [6.45, 7) is 5.72. The van der Waals surface area contributed by atoms with E-state index in [2.05, 4.69) is 5.32 Å². The average molecular weight is 326 g/mol. The highest BCUT2D eigenvalue weighted by molar-refractivity contribution is 5.74. The highest BCUT2D eigenvalue weighted by Crippen LogP contribution is 2.49. The highest BCUT2D eigenvalue weighted by Gasteiger charge is 2.48. The molecule has 2 N–H and O–H groups in total. The Balaban J connectivity index is 2.06. The molecule has 1 saturated carbocycles. The van der Waals surface area contributed by atoms with Crippen molar-refractivity contribution >= 4 is 6.03 Å². The molecule has 0 aromatic heterocycles. The molecule has 2 rings (SSSR count). The first kappa shape index (κ1) is 17.7. The molecule has 23 heavy (non-hydrogen) atoms. The molecule has 1 aromatic rings. The standard InChI is InChI=1S/C17H24F2N2O2/c1-11(2)21(9-12(3)22)16(23)20-10-17(7-8-17)15-13(18)5-4-6-14(15)19/h4-6,11-12,22H,7-10H2,1-3H3,(H,20,23). The summed E-state index contributed by atoms with van der Waals surface area (Å²) in [5.41, 5.74) is -0.592. The number of rotatable bonds is 6. The van der Waals surface area contributed by atoms with Gasteiger partial charge in [0.25, 0.3) is 0 Å². The molecule has 1 aromatic carbocycles. The molecule has 4 nitrogen and oxygen atoms in total. The maximum atomic E-state index is 14.0. The normalized spacial score (nSPS) is 17.0. The molecule has 1 aliphatic rings. The molecule has 0 bridgehead atoms. The summed E-state index contributed by atoms with van der Waals surface area (Å²) >= 11 is 0. The second-order valence-electron chi connectivity index (χ2n) is 6.63. The number of benzene rings is 1. The predicted molar refractivity (Wildman–Crippen MR) is 84.2 cm³/mol. The van der Waals surface area contributed by atoms with Gasteiger partial charge in [-0.25, -0.2) is 13.6 Å². The quantitative estimate of drug-likeness (QED) is 0.844. The van der Waals surface area contributed by atoms with Gasteiger partial charge in [-0.3, -0.25) is 0 Å². The van der Waals surface area contributed by atoms with Crippen LogP contribution in [0, 0.1) is 11.6 Å². The van der Waals surface area contributed by atoms with Gasteiger partial charge in [0.1, 0.15) is 11.6 Å². The summed E-state index contributed by atoms with van der Waals surface area (Å²) in [5.74, 6) is -1.14. The lowest BCUT2D eigenvalue weighted by Gasteiger charge is -2.29. The Bertz CT molecular complexity index is 551. The van der Waals surface area contributed by atoms with Gasteiger partial charge >= 0.3 is 6.03 Å². The largest absolute Gasteiger partial charge is 0.392 e. The van der Waals surface area contributed by atoms with Crippen molar-refractivity contribution in [2.24, 2.45) is 0 Å². The topological polar surface area (TPSA) is 52.6 Å². The third kappa shape index (κ3) is 3.99. The number of carbonyl (C=O) groups excluding carboxylic acids is 1. The first-order valence-electron chi connectivity index (χ1n) is 7.94. The zero-order chi connectivity index (χ0) is 17.2. The van der Waals surface area contributed by atoms with Crippen molar-refractivity contribution in [2.45, 2.75) is 51.2 Å². The Morgan fingerprint density at radius 3 is 2.30 bits per heavy atom. The van der Waals surface area contributed by atoms with Gasteiger partial charge in [-0.15, -0.1) is 0 Å². The maximum absolute atomic E-state index is 14.0. The minimum atomic E-state index is -0.654. The van der Waals surface area contributed by atoms with Gasteiger partial charge in [-0.2, -0.15) is 0 Å². The molecule has 2 amide bonds. The number of nitrogens with zero attached hydrogens (tertiary/aromatic N) is 1. The van der Waals surface area contributed by atoms with Crippen LogP contribution in [0.5, 0.6) is 0 Å². The van der Waals surface area contributed by atoms with Crippen molar-refractivity contribution in [1.29, 1.82) is 0 Å². The molecule has 1 aliphatic carbocycles. The zero-order valence-electron chi connectivity index (χ0n) is 13.8. The Labute approximate surface area is 135 Å². The first-order chi connectivity index (χ1) is 10.8.